The number of carbonyl (C=O) groups is 3. The Morgan fingerprint density at radius 3 is 2.16 bits per heavy atom. The van der Waals surface area contributed by atoms with Crippen molar-refractivity contribution in [1.29, 1.82) is 0 Å². The van der Waals surface area contributed by atoms with Gasteiger partial charge >= 0.3 is 5.97 Å². The van der Waals surface area contributed by atoms with Crippen LogP contribution in [0, 0.1) is 0 Å². The number of nitrogens with one attached hydrogen (secondary N) is 1. The maximum absolute atomic E-state index is 13.1. The van der Waals surface area contributed by atoms with Crippen LogP contribution >= 0.6 is 24.0 Å². The van der Waals surface area contributed by atoms with Crippen molar-refractivity contribution in [1.82, 2.24) is 5.32 Å². The summed E-state index contributed by atoms with van der Waals surface area (Å²) in [5.41, 5.74) is 1.07. The molecule has 0 bridgehead atoms. The molecule has 32 heavy (non-hydrogen) atoms. The van der Waals surface area contributed by atoms with E-state index in [-0.39, 0.29) is 16.2 Å². The molecule has 1 aliphatic heterocycles. The van der Waals surface area contributed by atoms with Gasteiger partial charge in [0.2, 0.25) is 0 Å². The lowest BCUT2D eigenvalue weighted by molar-refractivity contribution is -0.122. The first-order chi connectivity index (χ1) is 15.4. The zero-order chi connectivity index (χ0) is 22.7. The van der Waals surface area contributed by atoms with E-state index >= 15 is 0 Å². The van der Waals surface area contributed by atoms with Gasteiger partial charge in [0.05, 0.1) is 11.3 Å². The molecule has 8 heteroatoms. The summed E-state index contributed by atoms with van der Waals surface area (Å²) >= 11 is 6.78. The second-order valence-electron chi connectivity index (χ2n) is 6.79. The topological polar surface area (TPSA) is 86.7 Å². The molecule has 6 nitrogen and oxygen atoms in total. The molecule has 2 N–H and O–H groups in total. The molecule has 0 saturated carbocycles. The second-order valence-corrected chi connectivity index (χ2v) is 8.33. The fraction of sp³-hybridized carbons (Fsp3) is 0. The van der Waals surface area contributed by atoms with Crippen LogP contribution in [0.15, 0.2) is 94.2 Å². The summed E-state index contributed by atoms with van der Waals surface area (Å²) in [5.74, 6) is -2.24. The normalized spacial score (nSPS) is 15.1. The van der Waals surface area contributed by atoms with E-state index in [1.165, 1.54) is 35.2 Å². The number of carbonyl (C=O) groups excluding carboxylic acids is 2. The van der Waals surface area contributed by atoms with Crippen molar-refractivity contribution < 1.29 is 19.5 Å². The van der Waals surface area contributed by atoms with Crippen molar-refractivity contribution >= 4 is 58.6 Å². The number of hydrogen-bond acceptors (Lipinski definition) is 5. The SMILES string of the molecule is O=C1NC(=S)N(c2ccc(C(=O)O)cc2)C(=O)/C1=C/c1ccc(Sc2ccccc2)cc1. The van der Waals surface area contributed by atoms with Gasteiger partial charge in [-0.15, -0.1) is 0 Å². The molecular weight excluding hydrogens is 444 g/mol. The van der Waals surface area contributed by atoms with Gasteiger partial charge in [0, 0.05) is 9.79 Å². The van der Waals surface area contributed by atoms with Gasteiger partial charge in [-0.1, -0.05) is 42.1 Å². The largest absolute Gasteiger partial charge is 0.478 e. The van der Waals surface area contributed by atoms with E-state index in [9.17, 15) is 14.4 Å². The molecule has 0 aliphatic carbocycles. The molecule has 1 fully saturated rings. The lowest BCUT2D eigenvalue weighted by Crippen LogP contribution is -2.54. The molecule has 3 aromatic carbocycles. The van der Waals surface area contributed by atoms with E-state index in [4.69, 9.17) is 17.3 Å². The molecule has 0 radical (unpaired) electrons. The average Bonchev–Trinajstić information content (AvgIpc) is 2.79. The summed E-state index contributed by atoms with van der Waals surface area (Å²) in [6.45, 7) is 0. The van der Waals surface area contributed by atoms with Crippen LogP contribution in [0.3, 0.4) is 0 Å². The van der Waals surface area contributed by atoms with Crippen LogP contribution in [0.5, 0.6) is 0 Å². The van der Waals surface area contributed by atoms with Gasteiger partial charge < -0.3 is 5.11 Å². The third-order valence-electron chi connectivity index (χ3n) is 4.64. The molecule has 1 aliphatic rings. The van der Waals surface area contributed by atoms with E-state index in [2.05, 4.69) is 5.32 Å². The minimum Gasteiger partial charge on any atom is -0.478 e. The number of benzene rings is 3. The Bertz CT molecular complexity index is 1240. The number of carboxylic acid groups (broad SMARTS) is 1. The summed E-state index contributed by atoms with van der Waals surface area (Å²) in [7, 11) is 0. The van der Waals surface area contributed by atoms with E-state index < -0.39 is 17.8 Å². The summed E-state index contributed by atoms with van der Waals surface area (Å²) in [5, 5.41) is 11.5. The second kappa shape index (κ2) is 9.17. The van der Waals surface area contributed by atoms with Gasteiger partial charge in [0.25, 0.3) is 11.8 Å². The number of nitrogens with zero attached hydrogens (tertiary/aromatic N) is 1. The maximum Gasteiger partial charge on any atom is 0.335 e. The highest BCUT2D eigenvalue weighted by Crippen LogP contribution is 2.28. The molecule has 158 valence electrons. The van der Waals surface area contributed by atoms with Crippen LogP contribution in [0.2, 0.25) is 0 Å². The first kappa shape index (κ1) is 21.5. The Labute approximate surface area is 193 Å². The van der Waals surface area contributed by atoms with Crippen molar-refractivity contribution in [2.24, 2.45) is 0 Å². The van der Waals surface area contributed by atoms with Crippen LogP contribution in [0.1, 0.15) is 15.9 Å². The molecule has 0 unspecified atom stereocenters. The molecule has 4 rings (SSSR count). The number of carboxylic acids is 1. The Morgan fingerprint density at radius 2 is 1.53 bits per heavy atom. The molecule has 0 aromatic heterocycles. The van der Waals surface area contributed by atoms with Crippen molar-refractivity contribution in [2.45, 2.75) is 9.79 Å². The molecule has 2 amide bonds. The third-order valence-corrected chi connectivity index (χ3v) is 5.94. The van der Waals surface area contributed by atoms with Gasteiger partial charge in [-0.25, -0.2) is 4.79 Å². The Hall–Kier alpha value is -3.75. The van der Waals surface area contributed by atoms with E-state index in [1.807, 2.05) is 54.6 Å². The Balaban J connectivity index is 1.58. The monoisotopic (exact) mass is 460 g/mol. The maximum atomic E-state index is 13.1. The third kappa shape index (κ3) is 4.61. The minimum atomic E-state index is -1.08. The lowest BCUT2D eigenvalue weighted by atomic mass is 10.1. The van der Waals surface area contributed by atoms with Gasteiger partial charge in [-0.05, 0) is 72.4 Å². The predicted octanol–water partition coefficient (Wildman–Crippen LogP) is 4.37. The summed E-state index contributed by atoms with van der Waals surface area (Å²) in [6, 6.07) is 23.1. The fourth-order valence-corrected chi connectivity index (χ4v) is 4.19. The number of hydrogen-bond donors (Lipinski definition) is 2. The molecule has 0 atom stereocenters. The zero-order valence-corrected chi connectivity index (χ0v) is 18.2. The molecule has 0 spiro atoms. The minimum absolute atomic E-state index is 0.0603. The number of rotatable bonds is 5. The van der Waals surface area contributed by atoms with Gasteiger partial charge in [0.1, 0.15) is 5.57 Å². The number of anilines is 1. The van der Waals surface area contributed by atoms with E-state index in [0.29, 0.717) is 11.3 Å². The lowest BCUT2D eigenvalue weighted by Gasteiger charge is -2.29. The summed E-state index contributed by atoms with van der Waals surface area (Å²) in [4.78, 5) is 39.9. The molecule has 1 heterocycles. The predicted molar refractivity (Wildman–Crippen MR) is 127 cm³/mol. The van der Waals surface area contributed by atoms with Crippen LogP contribution in [-0.2, 0) is 9.59 Å². The highest BCUT2D eigenvalue weighted by Gasteiger charge is 2.34. The van der Waals surface area contributed by atoms with Crippen LogP contribution in [-0.4, -0.2) is 28.0 Å². The Morgan fingerprint density at radius 1 is 0.906 bits per heavy atom. The van der Waals surface area contributed by atoms with E-state index in [0.717, 1.165) is 9.79 Å². The smallest absolute Gasteiger partial charge is 0.335 e. The molecule has 1 saturated heterocycles. The number of aromatic carboxylic acids is 1. The van der Waals surface area contributed by atoms with Crippen LogP contribution in [0.25, 0.3) is 6.08 Å². The van der Waals surface area contributed by atoms with Crippen LogP contribution in [0.4, 0.5) is 5.69 Å². The van der Waals surface area contributed by atoms with Crippen molar-refractivity contribution in [3.63, 3.8) is 0 Å². The van der Waals surface area contributed by atoms with Crippen molar-refractivity contribution in [3.05, 3.63) is 95.6 Å². The summed E-state index contributed by atoms with van der Waals surface area (Å²) in [6.07, 6.45) is 1.51. The molecular formula is C24H16N2O4S2. The molecule has 3 aromatic rings. The zero-order valence-electron chi connectivity index (χ0n) is 16.5. The van der Waals surface area contributed by atoms with Gasteiger partial charge in [-0.3, -0.25) is 19.8 Å². The Kier molecular flexibility index (Phi) is 6.16. The standard InChI is InChI=1S/C24H16N2O4S2/c27-21-20(14-15-6-12-19(13-7-15)32-18-4-2-1-3-5-18)22(28)26(24(31)25-21)17-10-8-16(9-11-17)23(29)30/h1-14H,(H,29,30)(H,25,27,31)/b20-14+. The van der Waals surface area contributed by atoms with Gasteiger partial charge in [0.15, 0.2) is 5.11 Å². The highest BCUT2D eigenvalue weighted by atomic mass is 32.2. The quantitative estimate of drug-likeness (QED) is 0.334. The first-order valence-corrected chi connectivity index (χ1v) is 10.7. The van der Waals surface area contributed by atoms with Crippen LogP contribution < -0.4 is 10.2 Å². The van der Waals surface area contributed by atoms with Crippen molar-refractivity contribution in [3.8, 4) is 0 Å². The average molecular weight is 461 g/mol. The fourth-order valence-electron chi connectivity index (χ4n) is 3.07. The number of amides is 2. The highest BCUT2D eigenvalue weighted by molar-refractivity contribution is 7.99. The number of thiocarbonyl (C=S) groups is 1. The van der Waals surface area contributed by atoms with Gasteiger partial charge in [-0.2, -0.15) is 0 Å². The van der Waals surface area contributed by atoms with E-state index in [1.54, 1.807) is 11.8 Å². The van der Waals surface area contributed by atoms with Crippen molar-refractivity contribution in [2.75, 3.05) is 4.90 Å². The first-order valence-electron chi connectivity index (χ1n) is 9.50. The summed E-state index contributed by atoms with van der Waals surface area (Å²) < 4.78 is 0.